The second-order valence-corrected chi connectivity index (χ2v) is 7.39. The highest BCUT2D eigenvalue weighted by atomic mass is 19.3. The number of carbonyl (C=O) groups excluding carboxylic acids is 2. The lowest BCUT2D eigenvalue weighted by Crippen LogP contribution is -2.55. The smallest absolute Gasteiger partial charge is 0.416 e. The van der Waals surface area contributed by atoms with E-state index in [2.05, 4.69) is 4.98 Å². The molecule has 1 aromatic heterocycles. The van der Waals surface area contributed by atoms with E-state index < -0.39 is 18.6 Å². The van der Waals surface area contributed by atoms with Crippen molar-refractivity contribution in [1.29, 1.82) is 0 Å². The summed E-state index contributed by atoms with van der Waals surface area (Å²) in [5.74, 6) is 0.814. The number of hydrogen-bond donors (Lipinski definition) is 1. The van der Waals surface area contributed by atoms with Crippen molar-refractivity contribution in [2.24, 2.45) is 5.73 Å². The zero-order chi connectivity index (χ0) is 21.0. The highest BCUT2D eigenvalue weighted by Crippen LogP contribution is 2.39. The summed E-state index contributed by atoms with van der Waals surface area (Å²) >= 11 is 0. The fraction of sp³-hybridized carbons (Fsp3) is 0.421. The highest BCUT2D eigenvalue weighted by Gasteiger charge is 2.42. The van der Waals surface area contributed by atoms with Crippen molar-refractivity contribution in [2.75, 3.05) is 29.6 Å². The number of anilines is 2. The Hall–Kier alpha value is -3.37. The molecule has 3 aliphatic rings. The number of carbonyl (C=O) groups is 2. The number of rotatable bonds is 4. The van der Waals surface area contributed by atoms with Crippen LogP contribution in [0.2, 0.25) is 0 Å². The maximum Gasteiger partial charge on any atom is 0.416 e. The zero-order valence-electron chi connectivity index (χ0n) is 15.8. The lowest BCUT2D eigenvalue weighted by atomic mass is 10.0. The molecule has 2 aromatic rings. The van der Waals surface area contributed by atoms with Gasteiger partial charge in [-0.2, -0.15) is 0 Å². The molecule has 4 heterocycles. The number of ether oxygens (including phenoxy) is 2. The van der Waals surface area contributed by atoms with E-state index in [0.717, 1.165) is 17.1 Å². The SMILES string of the molecule is NC(=O)[C@@H]1CCN1c1ccc2c(c1)OCCn1cc(N3C(=O)OCC3C(F)F)nc1-2. The van der Waals surface area contributed by atoms with Crippen molar-refractivity contribution in [3.8, 4) is 17.1 Å². The molecular formula is C19H19F2N5O4. The molecule has 3 aliphatic heterocycles. The van der Waals surface area contributed by atoms with Gasteiger partial charge in [0.25, 0.3) is 6.43 Å². The van der Waals surface area contributed by atoms with Crippen molar-refractivity contribution in [3.63, 3.8) is 0 Å². The molecule has 1 unspecified atom stereocenters. The van der Waals surface area contributed by atoms with E-state index in [1.807, 2.05) is 23.1 Å². The number of hydrogen-bond acceptors (Lipinski definition) is 6. The molecule has 9 nitrogen and oxygen atoms in total. The van der Waals surface area contributed by atoms with Crippen molar-refractivity contribution in [3.05, 3.63) is 24.4 Å². The molecule has 2 amide bonds. The van der Waals surface area contributed by atoms with Crippen LogP contribution < -0.4 is 20.3 Å². The second-order valence-electron chi connectivity index (χ2n) is 7.39. The number of halogens is 2. The lowest BCUT2D eigenvalue weighted by molar-refractivity contribution is -0.120. The highest BCUT2D eigenvalue weighted by molar-refractivity contribution is 5.90. The fourth-order valence-corrected chi connectivity index (χ4v) is 4.03. The van der Waals surface area contributed by atoms with E-state index in [4.69, 9.17) is 15.2 Å². The van der Waals surface area contributed by atoms with Crippen LogP contribution >= 0.6 is 0 Å². The molecule has 2 saturated heterocycles. The predicted octanol–water partition coefficient (Wildman–Crippen LogP) is 1.60. The van der Waals surface area contributed by atoms with E-state index in [9.17, 15) is 18.4 Å². The summed E-state index contributed by atoms with van der Waals surface area (Å²) in [6.45, 7) is 1.11. The zero-order valence-corrected chi connectivity index (χ0v) is 15.8. The molecular weight excluding hydrogens is 400 g/mol. The average molecular weight is 419 g/mol. The summed E-state index contributed by atoms with van der Waals surface area (Å²) < 4.78 is 39.1. The van der Waals surface area contributed by atoms with Crippen molar-refractivity contribution in [2.45, 2.75) is 31.5 Å². The van der Waals surface area contributed by atoms with Gasteiger partial charge in [-0.3, -0.25) is 4.79 Å². The molecule has 2 atom stereocenters. The maximum absolute atomic E-state index is 13.3. The van der Waals surface area contributed by atoms with Crippen molar-refractivity contribution < 1.29 is 27.8 Å². The number of cyclic esters (lactones) is 1. The summed E-state index contributed by atoms with van der Waals surface area (Å²) in [7, 11) is 0. The largest absolute Gasteiger partial charge is 0.491 e. The van der Waals surface area contributed by atoms with Crippen molar-refractivity contribution in [1.82, 2.24) is 9.55 Å². The summed E-state index contributed by atoms with van der Waals surface area (Å²) in [6, 6.07) is 3.76. The van der Waals surface area contributed by atoms with Gasteiger partial charge in [0, 0.05) is 24.5 Å². The summed E-state index contributed by atoms with van der Waals surface area (Å²) in [5.41, 5.74) is 6.91. The van der Waals surface area contributed by atoms with Crippen LogP contribution in [0.25, 0.3) is 11.4 Å². The van der Waals surface area contributed by atoms with Crippen LogP contribution in [-0.4, -0.2) is 59.8 Å². The Balaban J connectivity index is 1.50. The average Bonchev–Trinajstić information content (AvgIpc) is 3.20. The Morgan fingerprint density at radius 3 is 2.80 bits per heavy atom. The summed E-state index contributed by atoms with van der Waals surface area (Å²) in [6.07, 6.45) is -1.32. The Morgan fingerprint density at radius 2 is 2.10 bits per heavy atom. The van der Waals surface area contributed by atoms with Crippen LogP contribution in [0.15, 0.2) is 24.4 Å². The minimum atomic E-state index is -2.74. The van der Waals surface area contributed by atoms with E-state index in [-0.39, 0.29) is 24.4 Å². The summed E-state index contributed by atoms with van der Waals surface area (Å²) in [4.78, 5) is 30.8. The van der Waals surface area contributed by atoms with E-state index in [0.29, 0.717) is 36.7 Å². The van der Waals surface area contributed by atoms with Crippen LogP contribution in [0.1, 0.15) is 6.42 Å². The predicted molar refractivity (Wildman–Crippen MR) is 102 cm³/mol. The van der Waals surface area contributed by atoms with Gasteiger partial charge in [-0.05, 0) is 18.6 Å². The Kier molecular flexibility index (Phi) is 4.26. The van der Waals surface area contributed by atoms with Crippen LogP contribution in [0.4, 0.5) is 25.1 Å². The first-order valence-corrected chi connectivity index (χ1v) is 9.58. The molecule has 158 valence electrons. The monoisotopic (exact) mass is 419 g/mol. The molecule has 1 aromatic carbocycles. The normalized spacial score (nSPS) is 22.7. The van der Waals surface area contributed by atoms with E-state index in [1.54, 1.807) is 10.8 Å². The van der Waals surface area contributed by atoms with Crippen LogP contribution in [0.3, 0.4) is 0 Å². The minimum absolute atomic E-state index is 0.117. The molecule has 0 radical (unpaired) electrons. The Labute approximate surface area is 169 Å². The quantitative estimate of drug-likeness (QED) is 0.808. The standard InChI is InChI=1S/C19H19F2N5O4/c20-16(21)13-9-30-19(28)26(13)15-8-24-5-6-29-14-7-10(1-2-11(14)18(24)23-15)25-4-3-12(25)17(22)27/h1-2,7-8,12-13,16H,3-6,9H2,(H2,22,27)/t12-,13?/m0/s1. The Morgan fingerprint density at radius 1 is 1.27 bits per heavy atom. The van der Waals surface area contributed by atoms with Gasteiger partial charge in [0.2, 0.25) is 5.91 Å². The van der Waals surface area contributed by atoms with Crippen molar-refractivity contribution >= 4 is 23.5 Å². The maximum atomic E-state index is 13.3. The third-order valence-corrected chi connectivity index (χ3v) is 5.68. The second kappa shape index (κ2) is 6.85. The number of alkyl halides is 2. The van der Waals surface area contributed by atoms with E-state index >= 15 is 0 Å². The molecule has 5 rings (SSSR count). The van der Waals surface area contributed by atoms with Gasteiger partial charge in [0.15, 0.2) is 5.82 Å². The number of primary amides is 1. The van der Waals surface area contributed by atoms with Gasteiger partial charge >= 0.3 is 6.09 Å². The van der Waals surface area contributed by atoms with Crippen LogP contribution in [0.5, 0.6) is 5.75 Å². The van der Waals surface area contributed by atoms with Gasteiger partial charge in [-0.15, -0.1) is 0 Å². The number of nitrogens with two attached hydrogens (primary N) is 1. The number of fused-ring (bicyclic) bond motifs is 3. The molecule has 0 aliphatic carbocycles. The fourth-order valence-electron chi connectivity index (χ4n) is 4.03. The molecule has 2 fully saturated rings. The molecule has 30 heavy (non-hydrogen) atoms. The number of imidazole rings is 1. The number of amides is 2. The summed E-state index contributed by atoms with van der Waals surface area (Å²) in [5, 5.41) is 0. The number of nitrogens with zero attached hydrogens (tertiary/aromatic N) is 4. The first-order chi connectivity index (χ1) is 14.4. The minimum Gasteiger partial charge on any atom is -0.491 e. The first kappa shape index (κ1) is 18.6. The third kappa shape index (κ3) is 2.84. The number of benzene rings is 1. The Bertz CT molecular complexity index is 1030. The molecule has 11 heteroatoms. The van der Waals surface area contributed by atoms with Gasteiger partial charge in [-0.25, -0.2) is 23.5 Å². The first-order valence-electron chi connectivity index (χ1n) is 9.58. The van der Waals surface area contributed by atoms with Gasteiger partial charge in [0.1, 0.15) is 36.9 Å². The van der Waals surface area contributed by atoms with Gasteiger partial charge < -0.3 is 24.7 Å². The molecule has 0 saturated carbocycles. The number of aromatic nitrogens is 2. The van der Waals surface area contributed by atoms with E-state index in [1.165, 1.54) is 0 Å². The van der Waals surface area contributed by atoms with Gasteiger partial charge in [-0.1, -0.05) is 0 Å². The topological polar surface area (TPSA) is 103 Å². The molecule has 2 N–H and O–H groups in total. The lowest BCUT2D eigenvalue weighted by Gasteiger charge is -2.40. The third-order valence-electron chi connectivity index (χ3n) is 5.68. The van der Waals surface area contributed by atoms with Crippen LogP contribution in [0, 0.1) is 0 Å². The van der Waals surface area contributed by atoms with Gasteiger partial charge in [0.05, 0.1) is 12.1 Å². The molecule has 0 bridgehead atoms. The molecule has 0 spiro atoms. The van der Waals surface area contributed by atoms with Crippen LogP contribution in [-0.2, 0) is 16.1 Å².